The van der Waals surface area contributed by atoms with Gasteiger partial charge in [0, 0.05) is 6.54 Å². The molecule has 0 spiro atoms. The van der Waals surface area contributed by atoms with Crippen molar-refractivity contribution in [2.75, 3.05) is 21.3 Å². The molecule has 1 aromatic heterocycles. The number of aromatic nitrogens is 4. The zero-order valence-corrected chi connectivity index (χ0v) is 15.0. The highest BCUT2D eigenvalue weighted by Crippen LogP contribution is 2.27. The van der Waals surface area contributed by atoms with Gasteiger partial charge >= 0.3 is 5.69 Å². The predicted molar refractivity (Wildman–Crippen MR) is 96.6 cm³/mol. The molecular formula is C18H21N5O3. The number of ether oxygens (including phenoxy) is 2. The maximum atomic E-state index is 12.5. The maximum absolute atomic E-state index is 12.5. The zero-order chi connectivity index (χ0) is 18.5. The first kappa shape index (κ1) is 17.7. The van der Waals surface area contributed by atoms with Gasteiger partial charge in [0.25, 0.3) is 0 Å². The first-order valence-corrected chi connectivity index (χ1v) is 8.10. The molecule has 8 nitrogen and oxygen atoms in total. The monoisotopic (exact) mass is 355 g/mol. The van der Waals surface area contributed by atoms with Crippen LogP contribution in [0.15, 0.2) is 53.3 Å². The largest absolute Gasteiger partial charge is 0.493 e. The van der Waals surface area contributed by atoms with E-state index in [1.54, 1.807) is 14.2 Å². The van der Waals surface area contributed by atoms with Crippen LogP contribution in [0.1, 0.15) is 5.56 Å². The number of rotatable bonds is 7. The van der Waals surface area contributed by atoms with Crippen LogP contribution in [0.2, 0.25) is 0 Å². The minimum atomic E-state index is -0.282. The Hall–Kier alpha value is -3.13. The quantitative estimate of drug-likeness (QED) is 0.640. The molecule has 136 valence electrons. The lowest BCUT2D eigenvalue weighted by Crippen LogP contribution is -2.31. The lowest BCUT2D eigenvalue weighted by Gasteiger charge is -2.16. The van der Waals surface area contributed by atoms with E-state index < -0.39 is 0 Å². The van der Waals surface area contributed by atoms with Crippen molar-refractivity contribution in [2.24, 2.45) is 0 Å². The third-order valence-corrected chi connectivity index (χ3v) is 3.92. The van der Waals surface area contributed by atoms with Crippen molar-refractivity contribution in [3.05, 3.63) is 64.6 Å². The highest BCUT2D eigenvalue weighted by molar-refractivity contribution is 5.42. The van der Waals surface area contributed by atoms with E-state index in [0.717, 1.165) is 5.56 Å². The van der Waals surface area contributed by atoms with Crippen molar-refractivity contribution < 1.29 is 9.47 Å². The fraction of sp³-hybridized carbons (Fsp3) is 0.278. The van der Waals surface area contributed by atoms with Crippen LogP contribution in [0.3, 0.4) is 0 Å². The van der Waals surface area contributed by atoms with Gasteiger partial charge in [-0.3, -0.25) is 4.90 Å². The summed E-state index contributed by atoms with van der Waals surface area (Å²) in [5.74, 6) is 1.35. The Morgan fingerprint density at radius 1 is 1.00 bits per heavy atom. The van der Waals surface area contributed by atoms with E-state index >= 15 is 0 Å². The van der Waals surface area contributed by atoms with E-state index in [9.17, 15) is 4.79 Å². The number of benzene rings is 2. The highest BCUT2D eigenvalue weighted by atomic mass is 16.5. The van der Waals surface area contributed by atoms with Gasteiger partial charge in [-0.05, 0) is 47.3 Å². The number of tetrazole rings is 1. The molecule has 0 bridgehead atoms. The summed E-state index contributed by atoms with van der Waals surface area (Å²) in [4.78, 5) is 14.4. The summed E-state index contributed by atoms with van der Waals surface area (Å²) in [7, 11) is 5.11. The third-order valence-electron chi connectivity index (χ3n) is 3.92. The van der Waals surface area contributed by atoms with Gasteiger partial charge in [0.15, 0.2) is 11.5 Å². The van der Waals surface area contributed by atoms with Gasteiger partial charge in [-0.15, -0.1) is 0 Å². The fourth-order valence-electron chi connectivity index (χ4n) is 2.66. The molecule has 0 fully saturated rings. The Bertz CT molecular complexity index is 920. The second-order valence-corrected chi connectivity index (χ2v) is 5.85. The molecule has 3 aromatic rings. The van der Waals surface area contributed by atoms with E-state index in [0.29, 0.717) is 30.4 Å². The van der Waals surface area contributed by atoms with E-state index in [2.05, 4.69) is 10.4 Å². The summed E-state index contributed by atoms with van der Waals surface area (Å²) in [6.45, 7) is 0.936. The van der Waals surface area contributed by atoms with E-state index in [-0.39, 0.29) is 5.69 Å². The Balaban J connectivity index is 1.72. The van der Waals surface area contributed by atoms with Crippen molar-refractivity contribution in [1.29, 1.82) is 0 Å². The first-order chi connectivity index (χ1) is 12.6. The van der Waals surface area contributed by atoms with Gasteiger partial charge in [-0.1, -0.05) is 24.3 Å². The van der Waals surface area contributed by atoms with E-state index in [4.69, 9.17) is 9.47 Å². The van der Waals surface area contributed by atoms with Crippen LogP contribution in [0.25, 0.3) is 5.69 Å². The summed E-state index contributed by atoms with van der Waals surface area (Å²) < 4.78 is 13.2. The van der Waals surface area contributed by atoms with Crippen LogP contribution < -0.4 is 15.2 Å². The van der Waals surface area contributed by atoms with Crippen molar-refractivity contribution >= 4 is 0 Å². The van der Waals surface area contributed by atoms with E-state index in [1.165, 1.54) is 9.36 Å². The van der Waals surface area contributed by atoms with Gasteiger partial charge in [0.2, 0.25) is 0 Å². The Morgan fingerprint density at radius 2 is 1.73 bits per heavy atom. The Morgan fingerprint density at radius 3 is 2.42 bits per heavy atom. The van der Waals surface area contributed by atoms with Crippen molar-refractivity contribution in [3.8, 4) is 17.2 Å². The molecule has 1 heterocycles. The minimum absolute atomic E-state index is 0.282. The zero-order valence-electron chi connectivity index (χ0n) is 15.0. The van der Waals surface area contributed by atoms with Gasteiger partial charge in [0.1, 0.15) is 6.67 Å². The van der Waals surface area contributed by atoms with Gasteiger partial charge < -0.3 is 9.47 Å². The third kappa shape index (κ3) is 3.75. The van der Waals surface area contributed by atoms with Crippen molar-refractivity contribution in [2.45, 2.75) is 13.2 Å². The average molecular weight is 355 g/mol. The maximum Gasteiger partial charge on any atom is 0.369 e. The van der Waals surface area contributed by atoms with Crippen LogP contribution >= 0.6 is 0 Å². The van der Waals surface area contributed by atoms with Gasteiger partial charge in [-0.25, -0.2) is 4.79 Å². The molecular weight excluding hydrogens is 334 g/mol. The molecule has 0 aliphatic heterocycles. The number of hydrogen-bond donors (Lipinski definition) is 0. The van der Waals surface area contributed by atoms with Gasteiger partial charge in [0.05, 0.1) is 19.9 Å². The number of hydrogen-bond acceptors (Lipinski definition) is 6. The van der Waals surface area contributed by atoms with Gasteiger partial charge in [-0.2, -0.15) is 9.36 Å². The molecule has 0 unspecified atom stereocenters. The normalized spacial score (nSPS) is 10.9. The molecule has 0 aliphatic carbocycles. The number of nitrogens with zero attached hydrogens (tertiary/aromatic N) is 5. The number of para-hydroxylation sites is 1. The fourth-order valence-corrected chi connectivity index (χ4v) is 2.66. The number of methoxy groups -OCH3 is 2. The summed E-state index contributed by atoms with van der Waals surface area (Å²) in [5, 5.41) is 7.92. The summed E-state index contributed by atoms with van der Waals surface area (Å²) in [6, 6.07) is 14.9. The SMILES string of the molecule is COc1ccc(CN(C)Cn2nnn(-c3ccccc3)c2=O)cc1OC. The lowest BCUT2D eigenvalue weighted by molar-refractivity contribution is 0.239. The van der Waals surface area contributed by atoms with Crippen LogP contribution in [0.4, 0.5) is 0 Å². The van der Waals surface area contributed by atoms with Crippen molar-refractivity contribution in [3.63, 3.8) is 0 Å². The first-order valence-electron chi connectivity index (χ1n) is 8.10. The second kappa shape index (κ2) is 7.83. The molecule has 2 aromatic carbocycles. The molecule has 26 heavy (non-hydrogen) atoms. The smallest absolute Gasteiger partial charge is 0.369 e. The molecule has 8 heteroatoms. The second-order valence-electron chi connectivity index (χ2n) is 5.85. The van der Waals surface area contributed by atoms with Crippen LogP contribution in [0, 0.1) is 0 Å². The Kier molecular flexibility index (Phi) is 5.33. The molecule has 0 amide bonds. The Labute approximate surface area is 151 Å². The van der Waals surface area contributed by atoms with Crippen LogP contribution in [-0.2, 0) is 13.2 Å². The minimum Gasteiger partial charge on any atom is -0.493 e. The van der Waals surface area contributed by atoms with E-state index in [1.807, 2.05) is 60.5 Å². The molecule has 0 saturated heterocycles. The summed E-state index contributed by atoms with van der Waals surface area (Å²) >= 11 is 0. The standard InChI is InChI=1S/C18H21N5O3/c1-21(12-14-9-10-16(25-2)17(11-14)26-3)13-22-18(24)23(20-19-22)15-7-5-4-6-8-15/h4-11H,12-13H2,1-3H3. The molecule has 0 N–H and O–H groups in total. The molecule has 0 aliphatic rings. The van der Waals surface area contributed by atoms with Crippen LogP contribution in [0.5, 0.6) is 11.5 Å². The molecule has 3 rings (SSSR count). The highest BCUT2D eigenvalue weighted by Gasteiger charge is 2.12. The summed E-state index contributed by atoms with van der Waals surface area (Å²) in [5.41, 5.74) is 1.44. The molecule has 0 atom stereocenters. The van der Waals surface area contributed by atoms with Crippen molar-refractivity contribution in [1.82, 2.24) is 24.7 Å². The average Bonchev–Trinajstić information content (AvgIpc) is 3.02. The summed E-state index contributed by atoms with van der Waals surface area (Å²) in [6.07, 6.45) is 0. The molecule has 0 radical (unpaired) electrons. The van der Waals surface area contributed by atoms with Crippen LogP contribution in [-0.4, -0.2) is 46.0 Å². The molecule has 0 saturated carbocycles. The topological polar surface area (TPSA) is 74.4 Å². The lowest BCUT2D eigenvalue weighted by atomic mass is 10.2. The predicted octanol–water partition coefficient (Wildman–Crippen LogP) is 1.54.